The largest absolute Gasteiger partial charge is 0.478 e. The molecule has 2 heterocycles. The van der Waals surface area contributed by atoms with Crippen LogP contribution >= 0.6 is 12.8 Å². The van der Waals surface area contributed by atoms with Crippen LogP contribution in [0.3, 0.4) is 0 Å². The number of amides is 1. The Balaban J connectivity index is 0.000000211. The van der Waals surface area contributed by atoms with Gasteiger partial charge in [-0.3, -0.25) is 9.52 Å². The molecular formula is C14H13NO5S. The first-order valence-electron chi connectivity index (χ1n) is 5.72. The molecule has 0 fully saturated rings. The Morgan fingerprint density at radius 3 is 1.95 bits per heavy atom. The lowest BCUT2D eigenvalue weighted by atomic mass is 10.4. The molecule has 0 spiro atoms. The highest BCUT2D eigenvalue weighted by molar-refractivity contribution is 7.78. The van der Waals surface area contributed by atoms with Crippen LogP contribution in [-0.2, 0) is 9.59 Å². The molecule has 2 rings (SSSR count). The lowest BCUT2D eigenvalue weighted by Crippen LogP contribution is -2.07. The van der Waals surface area contributed by atoms with Crippen LogP contribution in [0.1, 0.15) is 11.5 Å². The number of carboxylic acids is 1. The Morgan fingerprint density at radius 2 is 1.57 bits per heavy atom. The summed E-state index contributed by atoms with van der Waals surface area (Å²) in [6.07, 6.45) is 8.35. The molecule has 21 heavy (non-hydrogen) atoms. The summed E-state index contributed by atoms with van der Waals surface area (Å²) in [5, 5.41) is 8.18. The van der Waals surface area contributed by atoms with E-state index in [1.54, 1.807) is 30.3 Å². The predicted molar refractivity (Wildman–Crippen MR) is 80.2 cm³/mol. The number of furan rings is 2. The summed E-state index contributed by atoms with van der Waals surface area (Å²) in [4.78, 5) is 20.6. The fraction of sp³-hybridized carbons (Fsp3) is 0. The summed E-state index contributed by atoms with van der Waals surface area (Å²) < 4.78 is 11.9. The third-order valence-electron chi connectivity index (χ3n) is 1.99. The van der Waals surface area contributed by atoms with Gasteiger partial charge in [0.2, 0.25) is 0 Å². The summed E-state index contributed by atoms with van der Waals surface area (Å²) in [5.74, 6) is -0.0644. The van der Waals surface area contributed by atoms with Gasteiger partial charge in [0.15, 0.2) is 0 Å². The predicted octanol–water partition coefficient (Wildman–Crippen LogP) is 2.63. The van der Waals surface area contributed by atoms with Crippen LogP contribution in [0.15, 0.2) is 57.8 Å². The van der Waals surface area contributed by atoms with E-state index in [0.29, 0.717) is 11.5 Å². The smallest absolute Gasteiger partial charge is 0.328 e. The number of hydrogen-bond donors (Lipinski definition) is 3. The number of carbonyl (C=O) groups is 2. The second kappa shape index (κ2) is 9.27. The van der Waals surface area contributed by atoms with Crippen LogP contribution in [0.25, 0.3) is 12.2 Å². The molecule has 0 aromatic carbocycles. The molecule has 0 saturated heterocycles. The SMILES string of the molecule is O=C(/C=C/c1ccco1)NS.O=C(O)/C=C/c1ccco1. The molecule has 2 aromatic heterocycles. The highest BCUT2D eigenvalue weighted by Gasteiger charge is 1.91. The van der Waals surface area contributed by atoms with E-state index in [0.717, 1.165) is 6.08 Å². The van der Waals surface area contributed by atoms with Gasteiger partial charge in [-0.15, -0.1) is 0 Å². The number of nitrogens with one attached hydrogen (secondary N) is 1. The van der Waals surface area contributed by atoms with Crippen molar-refractivity contribution >= 4 is 36.8 Å². The number of rotatable bonds is 4. The molecule has 2 aromatic rings. The monoisotopic (exact) mass is 307 g/mol. The first kappa shape index (κ1) is 16.4. The maximum Gasteiger partial charge on any atom is 0.328 e. The summed E-state index contributed by atoms with van der Waals surface area (Å²) in [6, 6.07) is 6.88. The number of aliphatic carboxylic acids is 1. The van der Waals surface area contributed by atoms with Crippen LogP contribution in [0.4, 0.5) is 0 Å². The highest BCUT2D eigenvalue weighted by Crippen LogP contribution is 2.02. The Labute approximate surface area is 126 Å². The molecule has 0 bridgehead atoms. The van der Waals surface area contributed by atoms with E-state index >= 15 is 0 Å². The minimum absolute atomic E-state index is 0.273. The Hall–Kier alpha value is -2.67. The van der Waals surface area contributed by atoms with Crippen molar-refractivity contribution < 1.29 is 23.5 Å². The second-order valence-corrected chi connectivity index (χ2v) is 3.74. The lowest BCUT2D eigenvalue weighted by molar-refractivity contribution is -0.131. The summed E-state index contributed by atoms with van der Waals surface area (Å²) >= 11 is 3.57. The molecule has 0 aliphatic heterocycles. The topological polar surface area (TPSA) is 92.7 Å². The number of carbonyl (C=O) groups excluding carboxylic acids is 1. The maximum atomic E-state index is 10.6. The zero-order valence-corrected chi connectivity index (χ0v) is 11.7. The van der Waals surface area contributed by atoms with E-state index in [2.05, 4.69) is 17.5 Å². The van der Waals surface area contributed by atoms with Gasteiger partial charge in [-0.1, -0.05) is 12.8 Å². The molecule has 110 valence electrons. The zero-order valence-electron chi connectivity index (χ0n) is 10.8. The van der Waals surface area contributed by atoms with Gasteiger partial charge >= 0.3 is 5.97 Å². The fourth-order valence-electron chi connectivity index (χ4n) is 1.12. The van der Waals surface area contributed by atoms with Gasteiger partial charge in [0.05, 0.1) is 12.5 Å². The quantitative estimate of drug-likeness (QED) is 0.596. The first-order valence-corrected chi connectivity index (χ1v) is 6.16. The summed E-state index contributed by atoms with van der Waals surface area (Å²) in [7, 11) is 0. The molecule has 0 radical (unpaired) electrons. The van der Waals surface area contributed by atoms with Gasteiger partial charge in [-0.25, -0.2) is 4.79 Å². The van der Waals surface area contributed by atoms with E-state index in [-0.39, 0.29) is 5.91 Å². The average molecular weight is 307 g/mol. The zero-order chi connectivity index (χ0) is 15.5. The number of hydrogen-bond acceptors (Lipinski definition) is 5. The average Bonchev–Trinajstić information content (AvgIpc) is 3.16. The molecule has 2 N–H and O–H groups in total. The van der Waals surface area contributed by atoms with Crippen molar-refractivity contribution in [2.45, 2.75) is 0 Å². The van der Waals surface area contributed by atoms with Gasteiger partial charge < -0.3 is 13.9 Å². The second-order valence-electron chi connectivity index (χ2n) is 3.51. The van der Waals surface area contributed by atoms with Crippen LogP contribution in [0.2, 0.25) is 0 Å². The molecule has 0 atom stereocenters. The summed E-state index contributed by atoms with van der Waals surface area (Å²) in [5.41, 5.74) is 0. The number of thiol groups is 1. The van der Waals surface area contributed by atoms with Gasteiger partial charge in [-0.2, -0.15) is 0 Å². The van der Waals surface area contributed by atoms with Crippen molar-refractivity contribution in [1.29, 1.82) is 0 Å². The van der Waals surface area contributed by atoms with E-state index < -0.39 is 5.97 Å². The normalized spacial score (nSPS) is 10.3. The van der Waals surface area contributed by atoms with E-state index in [1.807, 2.05) is 0 Å². The van der Waals surface area contributed by atoms with Crippen molar-refractivity contribution in [2.24, 2.45) is 0 Å². The van der Waals surface area contributed by atoms with Gasteiger partial charge in [0.1, 0.15) is 11.5 Å². The third-order valence-corrected chi connectivity index (χ3v) is 2.21. The lowest BCUT2D eigenvalue weighted by Gasteiger charge is -1.86. The standard InChI is InChI=1S/C7H7NO2S.C7H6O3/c9-7(8-11)4-3-6-2-1-5-10-6;8-7(9)4-3-6-2-1-5-10-6/h1-5,11H,(H,8,9);1-5H,(H,8,9)/b2*4-3+. The van der Waals surface area contributed by atoms with Crippen LogP contribution in [-0.4, -0.2) is 17.0 Å². The van der Waals surface area contributed by atoms with Gasteiger partial charge in [0, 0.05) is 12.2 Å². The van der Waals surface area contributed by atoms with Crippen LogP contribution < -0.4 is 4.72 Å². The Kier molecular flexibility index (Phi) is 7.23. The molecule has 1 amide bonds. The molecule has 0 unspecified atom stereocenters. The fourth-order valence-corrected chi connectivity index (χ4v) is 1.20. The molecule has 0 saturated carbocycles. The van der Waals surface area contributed by atoms with Gasteiger partial charge in [-0.05, 0) is 36.4 Å². The Bertz CT molecular complexity index is 599. The molecule has 6 nitrogen and oxygen atoms in total. The van der Waals surface area contributed by atoms with Crippen molar-refractivity contribution in [3.8, 4) is 0 Å². The maximum absolute atomic E-state index is 10.6. The Morgan fingerprint density at radius 1 is 1.05 bits per heavy atom. The van der Waals surface area contributed by atoms with Crippen LogP contribution in [0, 0.1) is 0 Å². The highest BCUT2D eigenvalue weighted by atomic mass is 32.1. The minimum atomic E-state index is -0.976. The first-order chi connectivity index (χ1) is 10.1. The van der Waals surface area contributed by atoms with Gasteiger partial charge in [0.25, 0.3) is 5.91 Å². The van der Waals surface area contributed by atoms with Crippen molar-refractivity contribution in [3.63, 3.8) is 0 Å². The van der Waals surface area contributed by atoms with E-state index in [1.165, 1.54) is 24.7 Å². The molecular weight excluding hydrogens is 294 g/mol. The third kappa shape index (κ3) is 7.48. The molecule has 7 heteroatoms. The summed E-state index contributed by atoms with van der Waals surface area (Å²) in [6.45, 7) is 0. The molecule has 0 aliphatic carbocycles. The number of carboxylic acid groups (broad SMARTS) is 1. The molecule has 0 aliphatic rings. The van der Waals surface area contributed by atoms with E-state index in [4.69, 9.17) is 13.9 Å². The van der Waals surface area contributed by atoms with Crippen molar-refractivity contribution in [3.05, 3.63) is 60.5 Å². The van der Waals surface area contributed by atoms with Crippen molar-refractivity contribution in [1.82, 2.24) is 4.72 Å². The van der Waals surface area contributed by atoms with E-state index in [9.17, 15) is 9.59 Å². The van der Waals surface area contributed by atoms with Crippen LogP contribution in [0.5, 0.6) is 0 Å². The minimum Gasteiger partial charge on any atom is -0.478 e. The van der Waals surface area contributed by atoms with Crippen molar-refractivity contribution in [2.75, 3.05) is 0 Å².